The van der Waals surface area contributed by atoms with Gasteiger partial charge in [-0.1, -0.05) is 20.8 Å². The van der Waals surface area contributed by atoms with Gasteiger partial charge in [-0.3, -0.25) is 14.4 Å². The Labute approximate surface area is 123 Å². The van der Waals surface area contributed by atoms with E-state index < -0.39 is 35.3 Å². The Balaban J connectivity index is 4.58. The smallest absolute Gasteiger partial charge is 0.326 e. The molecule has 0 rings (SSSR count). The molecular weight excluding hydrogens is 278 g/mol. The van der Waals surface area contributed by atoms with Crippen molar-refractivity contribution in [2.45, 2.75) is 52.6 Å². The zero-order valence-corrected chi connectivity index (χ0v) is 12.7. The van der Waals surface area contributed by atoms with Crippen LogP contribution in [0.3, 0.4) is 0 Å². The molecule has 120 valence electrons. The summed E-state index contributed by atoms with van der Waals surface area (Å²) in [6.45, 7) is 6.53. The second-order valence-corrected chi connectivity index (χ2v) is 5.85. The average molecular weight is 301 g/mol. The van der Waals surface area contributed by atoms with Gasteiger partial charge in [-0.2, -0.15) is 0 Å². The molecule has 8 heteroatoms. The third kappa shape index (κ3) is 7.28. The van der Waals surface area contributed by atoms with E-state index in [-0.39, 0.29) is 18.7 Å². The van der Waals surface area contributed by atoms with Crippen molar-refractivity contribution in [2.24, 2.45) is 11.1 Å². The molecule has 0 radical (unpaired) electrons. The highest BCUT2D eigenvalue weighted by Gasteiger charge is 2.27. The second-order valence-electron chi connectivity index (χ2n) is 5.85. The molecule has 0 fully saturated rings. The summed E-state index contributed by atoms with van der Waals surface area (Å²) in [5.74, 6) is -2.87. The summed E-state index contributed by atoms with van der Waals surface area (Å²) >= 11 is 0. The van der Waals surface area contributed by atoms with Gasteiger partial charge in [-0.15, -0.1) is 0 Å². The lowest BCUT2D eigenvalue weighted by Crippen LogP contribution is -2.52. The molecule has 1 unspecified atom stereocenters. The molecule has 5 N–H and O–H groups in total. The van der Waals surface area contributed by atoms with Crippen molar-refractivity contribution >= 4 is 23.7 Å². The third-order valence-corrected chi connectivity index (χ3v) is 2.72. The SMILES string of the molecule is CC(NC(=O)C(C)(C)C)C(=O)N[C@H](CCC(N)=O)C(=O)O. The maximum Gasteiger partial charge on any atom is 0.326 e. The van der Waals surface area contributed by atoms with Crippen LogP contribution in [0.4, 0.5) is 0 Å². The lowest BCUT2D eigenvalue weighted by molar-refractivity contribution is -0.142. The predicted octanol–water partition coefficient (Wildman–Crippen LogP) is -0.628. The maximum atomic E-state index is 11.9. The van der Waals surface area contributed by atoms with Crippen LogP contribution in [0, 0.1) is 5.41 Å². The molecule has 0 aliphatic heterocycles. The topological polar surface area (TPSA) is 139 Å². The molecule has 0 aromatic carbocycles. The molecule has 0 aliphatic rings. The summed E-state index contributed by atoms with van der Waals surface area (Å²) in [6, 6.07) is -2.11. The number of carboxylic acid groups (broad SMARTS) is 1. The van der Waals surface area contributed by atoms with Crippen molar-refractivity contribution < 1.29 is 24.3 Å². The van der Waals surface area contributed by atoms with Crippen molar-refractivity contribution in [1.82, 2.24) is 10.6 Å². The van der Waals surface area contributed by atoms with Gasteiger partial charge in [0.1, 0.15) is 12.1 Å². The minimum absolute atomic E-state index is 0.101. The number of hydrogen-bond donors (Lipinski definition) is 4. The molecule has 0 saturated carbocycles. The summed E-state index contributed by atoms with van der Waals surface area (Å²) in [6.07, 6.45) is -0.254. The van der Waals surface area contributed by atoms with E-state index in [1.165, 1.54) is 6.92 Å². The van der Waals surface area contributed by atoms with Crippen molar-refractivity contribution in [3.05, 3.63) is 0 Å². The fraction of sp³-hybridized carbons (Fsp3) is 0.692. The predicted molar refractivity (Wildman–Crippen MR) is 75.1 cm³/mol. The molecule has 3 amide bonds. The standard InChI is InChI=1S/C13H23N3O5/c1-7(15-12(21)13(2,3)4)10(18)16-8(11(19)20)5-6-9(14)17/h7-8H,5-6H2,1-4H3,(H2,14,17)(H,15,21)(H,16,18)(H,19,20)/t7?,8-/m1/s1. The Bertz CT molecular complexity index is 428. The number of carbonyl (C=O) groups excluding carboxylic acids is 3. The molecule has 0 saturated heterocycles. The van der Waals surface area contributed by atoms with Gasteiger partial charge in [0.25, 0.3) is 0 Å². The van der Waals surface area contributed by atoms with Gasteiger partial charge in [-0.05, 0) is 13.3 Å². The molecule has 21 heavy (non-hydrogen) atoms. The molecule has 0 aliphatic carbocycles. The van der Waals surface area contributed by atoms with Crippen molar-refractivity contribution in [1.29, 1.82) is 0 Å². The van der Waals surface area contributed by atoms with Gasteiger partial charge in [0, 0.05) is 11.8 Å². The number of nitrogens with one attached hydrogen (secondary N) is 2. The van der Waals surface area contributed by atoms with Crippen molar-refractivity contribution in [2.75, 3.05) is 0 Å². The van der Waals surface area contributed by atoms with Crippen LogP contribution < -0.4 is 16.4 Å². The first-order valence-corrected chi connectivity index (χ1v) is 6.57. The molecule has 0 spiro atoms. The first-order chi connectivity index (χ1) is 9.45. The zero-order chi connectivity index (χ0) is 16.8. The van der Waals surface area contributed by atoms with E-state index in [0.29, 0.717) is 0 Å². The molecule has 2 atom stereocenters. The number of nitrogens with two attached hydrogens (primary N) is 1. The van der Waals surface area contributed by atoms with Gasteiger partial charge in [0.2, 0.25) is 17.7 Å². The number of amides is 3. The van der Waals surface area contributed by atoms with E-state index in [4.69, 9.17) is 10.8 Å². The summed E-state index contributed by atoms with van der Waals surface area (Å²) < 4.78 is 0. The number of carbonyl (C=O) groups is 4. The number of aliphatic carboxylic acids is 1. The van der Waals surface area contributed by atoms with Gasteiger partial charge in [0.15, 0.2) is 0 Å². The van der Waals surface area contributed by atoms with Crippen LogP contribution in [-0.2, 0) is 19.2 Å². The van der Waals surface area contributed by atoms with Crippen LogP contribution in [0.5, 0.6) is 0 Å². The molecule has 8 nitrogen and oxygen atoms in total. The van der Waals surface area contributed by atoms with Gasteiger partial charge >= 0.3 is 5.97 Å². The van der Waals surface area contributed by atoms with E-state index in [2.05, 4.69) is 10.6 Å². The van der Waals surface area contributed by atoms with E-state index >= 15 is 0 Å². The van der Waals surface area contributed by atoms with Gasteiger partial charge < -0.3 is 21.5 Å². The third-order valence-electron chi connectivity index (χ3n) is 2.72. The molecule has 0 bridgehead atoms. The van der Waals surface area contributed by atoms with Gasteiger partial charge in [-0.25, -0.2) is 4.79 Å². The van der Waals surface area contributed by atoms with Crippen molar-refractivity contribution in [3.63, 3.8) is 0 Å². The minimum Gasteiger partial charge on any atom is -0.480 e. The Kier molecular flexibility index (Phi) is 6.84. The number of rotatable bonds is 7. The average Bonchev–Trinajstić information content (AvgIpc) is 2.31. The summed E-state index contributed by atoms with van der Waals surface area (Å²) in [5, 5.41) is 13.7. The Morgan fingerprint density at radius 2 is 1.67 bits per heavy atom. The highest BCUT2D eigenvalue weighted by Crippen LogP contribution is 2.12. The first-order valence-electron chi connectivity index (χ1n) is 6.57. The van der Waals surface area contributed by atoms with Crippen LogP contribution in [0.2, 0.25) is 0 Å². The largest absolute Gasteiger partial charge is 0.480 e. The Hall–Kier alpha value is -2.12. The van der Waals surface area contributed by atoms with Crippen LogP contribution in [0.15, 0.2) is 0 Å². The van der Waals surface area contributed by atoms with E-state index in [0.717, 1.165) is 0 Å². The van der Waals surface area contributed by atoms with E-state index in [9.17, 15) is 19.2 Å². The minimum atomic E-state index is -1.26. The monoisotopic (exact) mass is 301 g/mol. The van der Waals surface area contributed by atoms with Gasteiger partial charge in [0.05, 0.1) is 0 Å². The number of hydrogen-bond acceptors (Lipinski definition) is 4. The summed E-state index contributed by atoms with van der Waals surface area (Å²) in [5.41, 5.74) is 4.28. The van der Waals surface area contributed by atoms with Crippen LogP contribution in [0.25, 0.3) is 0 Å². The Morgan fingerprint density at radius 1 is 1.14 bits per heavy atom. The lowest BCUT2D eigenvalue weighted by atomic mass is 9.95. The quantitative estimate of drug-likeness (QED) is 0.496. The fourth-order valence-corrected chi connectivity index (χ4v) is 1.32. The van der Waals surface area contributed by atoms with E-state index in [1.54, 1.807) is 20.8 Å². The normalized spacial score (nSPS) is 13.9. The molecule has 0 aromatic heterocycles. The van der Waals surface area contributed by atoms with Crippen LogP contribution in [0.1, 0.15) is 40.5 Å². The fourth-order valence-electron chi connectivity index (χ4n) is 1.32. The zero-order valence-electron chi connectivity index (χ0n) is 12.7. The summed E-state index contributed by atoms with van der Waals surface area (Å²) in [7, 11) is 0. The maximum absolute atomic E-state index is 11.9. The molecular formula is C13H23N3O5. The molecule has 0 aromatic rings. The highest BCUT2D eigenvalue weighted by atomic mass is 16.4. The summed E-state index contributed by atoms with van der Waals surface area (Å²) in [4.78, 5) is 45.3. The highest BCUT2D eigenvalue weighted by molar-refractivity contribution is 5.91. The van der Waals surface area contributed by atoms with E-state index in [1.807, 2.05) is 0 Å². The molecule has 0 heterocycles. The number of primary amides is 1. The first kappa shape index (κ1) is 18.9. The van der Waals surface area contributed by atoms with Crippen LogP contribution in [-0.4, -0.2) is 40.9 Å². The second kappa shape index (κ2) is 7.61. The number of carboxylic acids is 1. The van der Waals surface area contributed by atoms with Crippen LogP contribution >= 0.6 is 0 Å². The van der Waals surface area contributed by atoms with Crippen molar-refractivity contribution in [3.8, 4) is 0 Å². The Morgan fingerprint density at radius 3 is 2.05 bits per heavy atom. The lowest BCUT2D eigenvalue weighted by Gasteiger charge is -2.22.